The summed E-state index contributed by atoms with van der Waals surface area (Å²) in [6.07, 6.45) is 5.01. The molecule has 2 aromatic rings. The van der Waals surface area contributed by atoms with Crippen LogP contribution in [0.2, 0.25) is 0 Å². The van der Waals surface area contributed by atoms with Crippen LogP contribution in [0, 0.1) is 0 Å². The molecule has 1 N–H and O–H groups in total. The molecule has 2 heterocycles. The van der Waals surface area contributed by atoms with Crippen LogP contribution < -0.4 is 0 Å². The molecule has 0 spiro atoms. The average Bonchev–Trinajstić information content (AvgIpc) is 3.40. The molecule has 262 valence electrons. The van der Waals surface area contributed by atoms with Crippen molar-refractivity contribution in [3.63, 3.8) is 0 Å². The number of hydrogen-bond donors (Lipinski definition) is 1. The molecule has 0 radical (unpaired) electrons. The molecule has 48 heavy (non-hydrogen) atoms. The van der Waals surface area contributed by atoms with Crippen LogP contribution in [0.1, 0.15) is 58.6 Å². The van der Waals surface area contributed by atoms with Crippen molar-refractivity contribution in [2.45, 2.75) is 115 Å². The third-order valence-corrected chi connectivity index (χ3v) is 7.74. The summed E-state index contributed by atoms with van der Waals surface area (Å²) in [5.74, 6) is -1.53. The summed E-state index contributed by atoms with van der Waals surface area (Å²) in [4.78, 5) is 13.0. The summed E-state index contributed by atoms with van der Waals surface area (Å²) in [7, 11) is 0. The zero-order valence-electron chi connectivity index (χ0n) is 28.9. The molecule has 1 fully saturated rings. The van der Waals surface area contributed by atoms with E-state index in [0.29, 0.717) is 32.7 Å². The van der Waals surface area contributed by atoms with Crippen molar-refractivity contribution in [3.8, 4) is 0 Å². The summed E-state index contributed by atoms with van der Waals surface area (Å²) in [5.41, 5.74) is 1.32. The molecule has 0 amide bonds. The fourth-order valence-electron chi connectivity index (χ4n) is 5.41. The largest absolute Gasteiger partial charge is 0.458 e. The highest BCUT2D eigenvalue weighted by Gasteiger charge is 2.37. The van der Waals surface area contributed by atoms with Crippen LogP contribution >= 0.6 is 0 Å². The number of aliphatic hydroxyl groups excluding tert-OH is 1. The second kappa shape index (κ2) is 18.0. The van der Waals surface area contributed by atoms with Gasteiger partial charge >= 0.3 is 5.97 Å². The molecule has 9 nitrogen and oxygen atoms in total. The van der Waals surface area contributed by atoms with Gasteiger partial charge in [0.2, 0.25) is 0 Å². The predicted octanol–water partition coefficient (Wildman–Crippen LogP) is 6.24. The molecule has 0 bridgehead atoms. The number of rotatable bonds is 15. The molecule has 7 atom stereocenters. The maximum Gasteiger partial charge on any atom is 0.338 e. The van der Waals surface area contributed by atoms with Crippen LogP contribution in [0.5, 0.6) is 0 Å². The van der Waals surface area contributed by atoms with Gasteiger partial charge in [-0.2, -0.15) is 0 Å². The van der Waals surface area contributed by atoms with E-state index in [1.807, 2.05) is 86.7 Å². The van der Waals surface area contributed by atoms with Gasteiger partial charge in [0.05, 0.1) is 38.6 Å². The van der Waals surface area contributed by atoms with Gasteiger partial charge in [-0.25, -0.2) is 4.79 Å². The number of hydrogen-bond acceptors (Lipinski definition) is 9. The van der Waals surface area contributed by atoms with Crippen molar-refractivity contribution in [3.05, 3.63) is 109 Å². The van der Waals surface area contributed by atoms with Gasteiger partial charge in [-0.1, -0.05) is 91.0 Å². The van der Waals surface area contributed by atoms with Gasteiger partial charge in [-0.3, -0.25) is 0 Å². The SMILES string of the molecule is C=CC[C@H]1O[C@@H](COCc2ccccc2)[C@H](OCc2ccccc2)C/C=C\[C@@H]1O[C@H](C=C[C@H]1COC(C)(C)O1)[C@@H](O)C(=O)OC(C)(C)C. The standard InChI is InChI=1S/C39H52O9/c1-7-15-32-33(45-34(36(40)37(41)48-38(2,3)4)23-22-30-26-44-39(5,6)47-30)21-14-20-31(43-25-29-18-12-9-13-19-29)35(46-32)27-42-24-28-16-10-8-11-17-28/h7-14,16-19,21-23,30-36,40H,1,15,20,24-27H2,2-6H3/b21-14-,23-22?/t30-,31+,32+,33-,34+,35-,36+/m0/s1. The minimum absolute atomic E-state index is 0.279. The molecule has 2 aliphatic heterocycles. The first-order valence-corrected chi connectivity index (χ1v) is 16.7. The monoisotopic (exact) mass is 664 g/mol. The van der Waals surface area contributed by atoms with Crippen molar-refractivity contribution < 1.29 is 43.1 Å². The minimum Gasteiger partial charge on any atom is -0.458 e. The van der Waals surface area contributed by atoms with Crippen molar-refractivity contribution in [1.82, 2.24) is 0 Å². The highest BCUT2D eigenvalue weighted by molar-refractivity contribution is 5.76. The topological polar surface area (TPSA) is 102 Å². The molecule has 0 aliphatic carbocycles. The first kappa shape index (κ1) is 37.7. The summed E-state index contributed by atoms with van der Waals surface area (Å²) in [6, 6.07) is 20.0. The molecule has 0 aromatic heterocycles. The Labute approximate surface area is 285 Å². The third kappa shape index (κ3) is 12.4. The van der Waals surface area contributed by atoms with E-state index >= 15 is 0 Å². The Morgan fingerprint density at radius 3 is 2.31 bits per heavy atom. The quantitative estimate of drug-likeness (QED) is 0.175. The zero-order chi connectivity index (χ0) is 34.6. The van der Waals surface area contributed by atoms with Crippen LogP contribution in [-0.4, -0.2) is 78.4 Å². The van der Waals surface area contributed by atoms with E-state index in [0.717, 1.165) is 11.1 Å². The van der Waals surface area contributed by atoms with E-state index in [1.54, 1.807) is 39.0 Å². The van der Waals surface area contributed by atoms with Gasteiger partial charge in [-0.15, -0.1) is 6.58 Å². The average molecular weight is 665 g/mol. The highest BCUT2D eigenvalue weighted by atomic mass is 16.7. The molecular weight excluding hydrogens is 612 g/mol. The summed E-state index contributed by atoms with van der Waals surface area (Å²) >= 11 is 0. The molecule has 0 unspecified atom stereocenters. The smallest absolute Gasteiger partial charge is 0.338 e. The lowest BCUT2D eigenvalue weighted by atomic mass is 10.0. The Kier molecular flexibility index (Phi) is 14.1. The van der Waals surface area contributed by atoms with Crippen molar-refractivity contribution >= 4 is 5.97 Å². The maximum absolute atomic E-state index is 13.0. The number of ether oxygens (including phenoxy) is 7. The van der Waals surface area contributed by atoms with Crippen molar-refractivity contribution in [1.29, 1.82) is 0 Å². The lowest BCUT2D eigenvalue weighted by molar-refractivity contribution is -0.183. The third-order valence-electron chi connectivity index (χ3n) is 7.74. The van der Waals surface area contributed by atoms with Crippen molar-refractivity contribution in [2.75, 3.05) is 13.2 Å². The molecule has 0 saturated carbocycles. The van der Waals surface area contributed by atoms with Crippen LogP contribution in [-0.2, 0) is 51.2 Å². The lowest BCUT2D eigenvalue weighted by Gasteiger charge is -2.36. The molecule has 2 aromatic carbocycles. The molecule has 1 saturated heterocycles. The van der Waals surface area contributed by atoms with E-state index in [9.17, 15) is 9.90 Å². The summed E-state index contributed by atoms with van der Waals surface area (Å²) in [6.45, 7) is 14.3. The number of carbonyl (C=O) groups is 1. The Bertz CT molecular complexity index is 1320. The lowest BCUT2D eigenvalue weighted by Crippen LogP contribution is -2.47. The van der Waals surface area contributed by atoms with E-state index < -0.39 is 47.9 Å². The Hall–Kier alpha value is -3.15. The first-order chi connectivity index (χ1) is 22.9. The Balaban J connectivity index is 1.56. The van der Waals surface area contributed by atoms with E-state index in [2.05, 4.69) is 6.58 Å². The second-order valence-electron chi connectivity index (χ2n) is 13.5. The van der Waals surface area contributed by atoms with Crippen LogP contribution in [0.3, 0.4) is 0 Å². The van der Waals surface area contributed by atoms with Gasteiger partial charge in [0.25, 0.3) is 0 Å². The van der Waals surface area contributed by atoms with Gasteiger partial charge in [0.1, 0.15) is 30.0 Å². The van der Waals surface area contributed by atoms with Gasteiger partial charge in [0, 0.05) is 0 Å². The fourth-order valence-corrected chi connectivity index (χ4v) is 5.41. The van der Waals surface area contributed by atoms with E-state index in [1.165, 1.54) is 0 Å². The summed E-state index contributed by atoms with van der Waals surface area (Å²) in [5, 5.41) is 11.2. The van der Waals surface area contributed by atoms with Crippen LogP contribution in [0.4, 0.5) is 0 Å². The minimum atomic E-state index is -1.61. The fraction of sp³-hybridized carbons (Fsp3) is 0.513. The number of esters is 1. The maximum atomic E-state index is 13.0. The molecule has 4 rings (SSSR count). The Morgan fingerprint density at radius 2 is 1.71 bits per heavy atom. The number of aliphatic hydroxyl groups is 1. The predicted molar refractivity (Wildman–Crippen MR) is 183 cm³/mol. The molecule has 9 heteroatoms. The van der Waals surface area contributed by atoms with Crippen molar-refractivity contribution in [2.24, 2.45) is 0 Å². The van der Waals surface area contributed by atoms with Gasteiger partial charge in [-0.05, 0) is 58.6 Å². The second-order valence-corrected chi connectivity index (χ2v) is 13.5. The zero-order valence-corrected chi connectivity index (χ0v) is 28.9. The van der Waals surface area contributed by atoms with Crippen LogP contribution in [0.15, 0.2) is 97.6 Å². The van der Waals surface area contributed by atoms with Gasteiger partial charge in [0.15, 0.2) is 11.9 Å². The molecular formula is C39H52O9. The Morgan fingerprint density at radius 1 is 1.04 bits per heavy atom. The normalized spacial score (nSPS) is 26.3. The van der Waals surface area contributed by atoms with E-state index in [-0.39, 0.29) is 18.8 Å². The van der Waals surface area contributed by atoms with E-state index in [4.69, 9.17) is 33.2 Å². The number of benzene rings is 2. The van der Waals surface area contributed by atoms with Crippen LogP contribution in [0.25, 0.3) is 0 Å². The first-order valence-electron chi connectivity index (χ1n) is 16.7. The summed E-state index contributed by atoms with van der Waals surface area (Å²) < 4.78 is 43.0. The van der Waals surface area contributed by atoms with Gasteiger partial charge < -0.3 is 38.3 Å². The highest BCUT2D eigenvalue weighted by Crippen LogP contribution is 2.27. The molecule has 2 aliphatic rings. The number of carbonyl (C=O) groups excluding carboxylic acids is 1.